The van der Waals surface area contributed by atoms with Crippen molar-refractivity contribution in [1.82, 2.24) is 24.7 Å². The standard InChI is InChI=1S/C20H14N6/c1-2-14-4-3-5-15(10-14)18(6-8-21)26-12-16(11-25-26)19-17-7-9-22-20(17)24-13-23-19/h1,3-5,7,9-13,18H,6H2,(H,22,23,24). The van der Waals surface area contributed by atoms with Crippen molar-refractivity contribution in [3.63, 3.8) is 0 Å². The van der Waals surface area contributed by atoms with Crippen LogP contribution in [0.25, 0.3) is 22.3 Å². The van der Waals surface area contributed by atoms with E-state index in [0.717, 1.165) is 33.4 Å². The number of H-pyrrole nitrogens is 1. The zero-order chi connectivity index (χ0) is 17.9. The van der Waals surface area contributed by atoms with Gasteiger partial charge in [-0.2, -0.15) is 10.4 Å². The third kappa shape index (κ3) is 2.70. The molecule has 0 bridgehead atoms. The van der Waals surface area contributed by atoms with Crippen molar-refractivity contribution < 1.29 is 0 Å². The van der Waals surface area contributed by atoms with E-state index in [1.165, 1.54) is 6.33 Å². The van der Waals surface area contributed by atoms with Crippen LogP contribution >= 0.6 is 0 Å². The molecule has 4 aromatic rings. The van der Waals surface area contributed by atoms with E-state index in [-0.39, 0.29) is 6.04 Å². The number of fused-ring (bicyclic) bond motifs is 1. The van der Waals surface area contributed by atoms with Gasteiger partial charge in [0.15, 0.2) is 0 Å². The summed E-state index contributed by atoms with van der Waals surface area (Å²) in [6.07, 6.45) is 12.8. The van der Waals surface area contributed by atoms with E-state index in [0.29, 0.717) is 6.42 Å². The van der Waals surface area contributed by atoms with Gasteiger partial charge in [-0.05, 0) is 23.8 Å². The number of nitrogens with zero attached hydrogens (tertiary/aromatic N) is 5. The largest absolute Gasteiger partial charge is 0.346 e. The van der Waals surface area contributed by atoms with Crippen molar-refractivity contribution in [1.29, 1.82) is 5.26 Å². The minimum absolute atomic E-state index is 0.217. The van der Waals surface area contributed by atoms with Crippen LogP contribution in [0.4, 0.5) is 0 Å². The van der Waals surface area contributed by atoms with E-state index in [9.17, 15) is 5.26 Å². The summed E-state index contributed by atoms with van der Waals surface area (Å²) in [6, 6.07) is 11.6. The molecule has 0 saturated heterocycles. The number of rotatable bonds is 4. The van der Waals surface area contributed by atoms with E-state index >= 15 is 0 Å². The van der Waals surface area contributed by atoms with Crippen LogP contribution in [-0.2, 0) is 0 Å². The van der Waals surface area contributed by atoms with Gasteiger partial charge in [0.05, 0.1) is 30.4 Å². The van der Waals surface area contributed by atoms with E-state index in [2.05, 4.69) is 32.0 Å². The Morgan fingerprint density at radius 2 is 2.19 bits per heavy atom. The fourth-order valence-corrected chi connectivity index (χ4v) is 3.02. The molecule has 0 aliphatic rings. The normalized spacial score (nSPS) is 11.8. The summed E-state index contributed by atoms with van der Waals surface area (Å²) in [5.74, 6) is 2.63. The average molecular weight is 338 g/mol. The van der Waals surface area contributed by atoms with Crippen LogP contribution in [0.5, 0.6) is 0 Å². The molecule has 0 saturated carbocycles. The minimum atomic E-state index is -0.217. The Morgan fingerprint density at radius 1 is 1.27 bits per heavy atom. The van der Waals surface area contributed by atoms with Gasteiger partial charge in [-0.25, -0.2) is 9.97 Å². The highest BCUT2D eigenvalue weighted by atomic mass is 15.3. The van der Waals surface area contributed by atoms with Crippen LogP contribution in [-0.4, -0.2) is 24.7 Å². The van der Waals surface area contributed by atoms with Crippen LogP contribution in [0.15, 0.2) is 55.2 Å². The molecule has 1 atom stereocenters. The Labute approximate surface area is 150 Å². The Hall–Kier alpha value is -3.90. The third-order valence-electron chi connectivity index (χ3n) is 4.27. The Bertz CT molecular complexity index is 1150. The lowest BCUT2D eigenvalue weighted by Crippen LogP contribution is -2.10. The van der Waals surface area contributed by atoms with Gasteiger partial charge < -0.3 is 4.98 Å². The maximum absolute atomic E-state index is 9.27. The van der Waals surface area contributed by atoms with E-state index in [1.807, 2.05) is 42.7 Å². The van der Waals surface area contributed by atoms with Crippen LogP contribution in [0.3, 0.4) is 0 Å². The van der Waals surface area contributed by atoms with Gasteiger partial charge >= 0.3 is 0 Å². The number of nitrogens with one attached hydrogen (secondary N) is 1. The number of benzene rings is 1. The van der Waals surface area contributed by atoms with Gasteiger partial charge in [-0.3, -0.25) is 4.68 Å². The zero-order valence-corrected chi connectivity index (χ0v) is 13.8. The molecule has 1 N–H and O–H groups in total. The summed E-state index contributed by atoms with van der Waals surface area (Å²) in [5, 5.41) is 14.7. The van der Waals surface area contributed by atoms with Crippen molar-refractivity contribution in [2.75, 3.05) is 0 Å². The second-order valence-electron chi connectivity index (χ2n) is 5.82. The van der Waals surface area contributed by atoms with Crippen LogP contribution in [0.2, 0.25) is 0 Å². The maximum atomic E-state index is 9.27. The van der Waals surface area contributed by atoms with Gasteiger partial charge in [-0.15, -0.1) is 6.42 Å². The fourth-order valence-electron chi connectivity index (χ4n) is 3.02. The first-order chi connectivity index (χ1) is 12.8. The molecule has 124 valence electrons. The van der Waals surface area contributed by atoms with E-state index in [4.69, 9.17) is 6.42 Å². The first kappa shape index (κ1) is 15.6. The number of aromatic nitrogens is 5. The topological polar surface area (TPSA) is 83.2 Å². The Morgan fingerprint density at radius 3 is 3.04 bits per heavy atom. The van der Waals surface area contributed by atoms with Crippen LogP contribution < -0.4 is 0 Å². The highest BCUT2D eigenvalue weighted by Crippen LogP contribution is 2.28. The number of nitriles is 1. The first-order valence-electron chi connectivity index (χ1n) is 8.06. The summed E-state index contributed by atoms with van der Waals surface area (Å²) >= 11 is 0. The smallest absolute Gasteiger partial charge is 0.141 e. The van der Waals surface area contributed by atoms with Gasteiger partial charge in [0.2, 0.25) is 0 Å². The first-order valence-corrected chi connectivity index (χ1v) is 8.06. The van der Waals surface area contributed by atoms with Crippen LogP contribution in [0, 0.1) is 23.7 Å². The molecule has 26 heavy (non-hydrogen) atoms. The molecule has 6 nitrogen and oxygen atoms in total. The van der Waals surface area contributed by atoms with Gasteiger partial charge in [0, 0.05) is 28.9 Å². The summed E-state index contributed by atoms with van der Waals surface area (Å²) < 4.78 is 1.79. The fraction of sp³-hybridized carbons (Fsp3) is 0.100. The lowest BCUT2D eigenvalue weighted by molar-refractivity contribution is 0.532. The molecule has 0 amide bonds. The van der Waals surface area contributed by atoms with E-state index < -0.39 is 0 Å². The Balaban J connectivity index is 1.76. The highest BCUT2D eigenvalue weighted by Gasteiger charge is 2.17. The molecule has 3 heterocycles. The van der Waals surface area contributed by atoms with Gasteiger partial charge in [0.1, 0.15) is 12.0 Å². The molecule has 3 aromatic heterocycles. The second kappa shape index (κ2) is 6.54. The quantitative estimate of drug-likeness (QED) is 0.579. The summed E-state index contributed by atoms with van der Waals surface area (Å²) in [6.45, 7) is 0. The van der Waals surface area contributed by atoms with Crippen LogP contribution in [0.1, 0.15) is 23.6 Å². The summed E-state index contributed by atoms with van der Waals surface area (Å²) in [5.41, 5.74) is 4.18. The molecule has 1 unspecified atom stereocenters. The molecule has 0 spiro atoms. The molecule has 0 aliphatic heterocycles. The van der Waals surface area contributed by atoms with Crippen molar-refractivity contribution in [2.24, 2.45) is 0 Å². The minimum Gasteiger partial charge on any atom is -0.346 e. The maximum Gasteiger partial charge on any atom is 0.141 e. The van der Waals surface area contributed by atoms with Crippen molar-refractivity contribution in [3.8, 4) is 29.7 Å². The predicted molar refractivity (Wildman–Crippen MR) is 97.9 cm³/mol. The van der Waals surface area contributed by atoms with Crippen molar-refractivity contribution in [2.45, 2.75) is 12.5 Å². The monoisotopic (exact) mass is 338 g/mol. The molecule has 4 rings (SSSR count). The zero-order valence-electron chi connectivity index (χ0n) is 13.8. The SMILES string of the molecule is C#Cc1cccc(C(CC#N)n2cc(-c3ncnc4[nH]ccc34)cn2)c1. The number of aromatic amines is 1. The molecule has 0 aliphatic carbocycles. The predicted octanol–water partition coefficient (Wildman–Crippen LogP) is 3.31. The molecule has 1 aromatic carbocycles. The molecule has 0 radical (unpaired) electrons. The van der Waals surface area contributed by atoms with E-state index in [1.54, 1.807) is 10.9 Å². The highest BCUT2D eigenvalue weighted by molar-refractivity contribution is 5.89. The lowest BCUT2D eigenvalue weighted by Gasteiger charge is -2.15. The molecule has 0 fully saturated rings. The van der Waals surface area contributed by atoms with Crippen molar-refractivity contribution in [3.05, 3.63) is 66.4 Å². The summed E-state index contributed by atoms with van der Waals surface area (Å²) in [4.78, 5) is 11.7. The van der Waals surface area contributed by atoms with Gasteiger partial charge in [0.25, 0.3) is 0 Å². The second-order valence-corrected chi connectivity index (χ2v) is 5.82. The average Bonchev–Trinajstić information content (AvgIpc) is 3.35. The number of hydrogen-bond donors (Lipinski definition) is 1. The van der Waals surface area contributed by atoms with Gasteiger partial charge in [-0.1, -0.05) is 18.1 Å². The molecule has 6 heteroatoms. The molecular weight excluding hydrogens is 324 g/mol. The number of terminal acetylenes is 1. The van der Waals surface area contributed by atoms with Crippen molar-refractivity contribution >= 4 is 11.0 Å². The third-order valence-corrected chi connectivity index (χ3v) is 4.27. The Kier molecular flexibility index (Phi) is 3.93. The molecular formula is C20H14N6. The lowest BCUT2D eigenvalue weighted by atomic mass is 10.0. The summed E-state index contributed by atoms with van der Waals surface area (Å²) in [7, 11) is 0. The number of hydrogen-bond acceptors (Lipinski definition) is 4.